The first kappa shape index (κ1) is 15.3. The van der Waals surface area contributed by atoms with E-state index < -0.39 is 0 Å². The lowest BCUT2D eigenvalue weighted by molar-refractivity contribution is -0.0101. The number of nitrogens with zero attached hydrogens (tertiary/aromatic N) is 1. The second kappa shape index (κ2) is 6.55. The first-order valence-corrected chi connectivity index (χ1v) is 8.05. The molecule has 0 spiro atoms. The first-order valence-electron chi connectivity index (χ1n) is 8.05. The summed E-state index contributed by atoms with van der Waals surface area (Å²) in [6, 6.07) is 0. The largest absolute Gasteiger partial charge is 0.384 e. The van der Waals surface area contributed by atoms with Crippen molar-refractivity contribution in [1.29, 1.82) is 0 Å². The van der Waals surface area contributed by atoms with Crippen molar-refractivity contribution in [3.05, 3.63) is 0 Å². The predicted octanol–water partition coefficient (Wildman–Crippen LogP) is 2.50. The van der Waals surface area contributed by atoms with E-state index in [0.29, 0.717) is 5.54 Å². The van der Waals surface area contributed by atoms with Crippen LogP contribution in [-0.4, -0.2) is 43.8 Å². The molecule has 1 saturated carbocycles. The lowest BCUT2D eigenvalue weighted by atomic mass is 9.70. The van der Waals surface area contributed by atoms with E-state index in [9.17, 15) is 0 Å². The molecule has 0 radical (unpaired) electrons. The molecule has 2 N–H and O–H groups in total. The standard InChI is InChI=1S/C16H32N2O/c1-13-4-7-16(12-17,10-14(13)2)18-8-5-15(6-9-18)11-19-3/h13-15H,4-12,17H2,1-3H3. The predicted molar refractivity (Wildman–Crippen MR) is 80.1 cm³/mol. The first-order chi connectivity index (χ1) is 9.11. The molecule has 3 nitrogen and oxygen atoms in total. The monoisotopic (exact) mass is 268 g/mol. The number of likely N-dealkylation sites (tertiary alicyclic amines) is 1. The van der Waals surface area contributed by atoms with E-state index in [1.54, 1.807) is 0 Å². The van der Waals surface area contributed by atoms with Gasteiger partial charge in [0.05, 0.1) is 0 Å². The fourth-order valence-corrected chi connectivity index (χ4v) is 4.09. The Balaban J connectivity index is 1.95. The van der Waals surface area contributed by atoms with E-state index in [2.05, 4.69) is 18.7 Å². The second-order valence-electron chi connectivity index (χ2n) is 7.01. The minimum atomic E-state index is 0.296. The molecule has 1 heterocycles. The molecule has 112 valence electrons. The van der Waals surface area contributed by atoms with Crippen LogP contribution in [0.1, 0.15) is 46.0 Å². The van der Waals surface area contributed by atoms with Gasteiger partial charge in [-0.3, -0.25) is 4.90 Å². The Kier molecular flexibility index (Phi) is 5.27. The zero-order chi connectivity index (χ0) is 13.9. The van der Waals surface area contributed by atoms with Gasteiger partial charge in [-0.25, -0.2) is 0 Å². The summed E-state index contributed by atoms with van der Waals surface area (Å²) < 4.78 is 5.30. The molecule has 1 aliphatic heterocycles. The lowest BCUT2D eigenvalue weighted by Gasteiger charge is -2.51. The molecule has 0 amide bonds. The maximum Gasteiger partial charge on any atom is 0.0491 e. The molecule has 0 bridgehead atoms. The van der Waals surface area contributed by atoms with Crippen molar-refractivity contribution >= 4 is 0 Å². The summed E-state index contributed by atoms with van der Waals surface area (Å²) in [6.45, 7) is 9.00. The molecule has 2 rings (SSSR count). The summed E-state index contributed by atoms with van der Waals surface area (Å²) in [5, 5.41) is 0. The molecule has 2 aliphatic rings. The van der Waals surface area contributed by atoms with Crippen LogP contribution < -0.4 is 5.73 Å². The summed E-state index contributed by atoms with van der Waals surface area (Å²) in [4.78, 5) is 2.71. The highest BCUT2D eigenvalue weighted by atomic mass is 16.5. The summed E-state index contributed by atoms with van der Waals surface area (Å²) in [5.74, 6) is 2.44. The van der Waals surface area contributed by atoms with E-state index >= 15 is 0 Å². The topological polar surface area (TPSA) is 38.5 Å². The smallest absolute Gasteiger partial charge is 0.0491 e. The number of hydrogen-bond donors (Lipinski definition) is 1. The van der Waals surface area contributed by atoms with Crippen LogP contribution in [0.2, 0.25) is 0 Å². The van der Waals surface area contributed by atoms with Crippen molar-refractivity contribution in [2.45, 2.75) is 51.5 Å². The number of methoxy groups -OCH3 is 1. The van der Waals surface area contributed by atoms with Gasteiger partial charge in [0.1, 0.15) is 0 Å². The van der Waals surface area contributed by atoms with Crippen molar-refractivity contribution in [2.75, 3.05) is 33.4 Å². The van der Waals surface area contributed by atoms with Crippen molar-refractivity contribution in [1.82, 2.24) is 4.90 Å². The highest BCUT2D eigenvalue weighted by molar-refractivity contribution is 4.98. The maximum atomic E-state index is 6.20. The molecule has 1 aliphatic carbocycles. The van der Waals surface area contributed by atoms with E-state index in [1.807, 2.05) is 7.11 Å². The van der Waals surface area contributed by atoms with Gasteiger partial charge < -0.3 is 10.5 Å². The summed E-state index contributed by atoms with van der Waals surface area (Å²) in [6.07, 6.45) is 6.49. The van der Waals surface area contributed by atoms with E-state index in [1.165, 1.54) is 45.2 Å². The van der Waals surface area contributed by atoms with Crippen molar-refractivity contribution in [3.63, 3.8) is 0 Å². The fourth-order valence-electron chi connectivity index (χ4n) is 4.09. The van der Waals surface area contributed by atoms with Gasteiger partial charge in [0, 0.05) is 25.8 Å². The average molecular weight is 268 g/mol. The van der Waals surface area contributed by atoms with Gasteiger partial charge in [0.25, 0.3) is 0 Å². The molecule has 0 aromatic heterocycles. The van der Waals surface area contributed by atoms with Crippen LogP contribution in [0.3, 0.4) is 0 Å². The zero-order valence-electron chi connectivity index (χ0n) is 13.0. The van der Waals surface area contributed by atoms with Crippen molar-refractivity contribution in [3.8, 4) is 0 Å². The summed E-state index contributed by atoms with van der Waals surface area (Å²) >= 11 is 0. The van der Waals surface area contributed by atoms with Crippen LogP contribution in [0.5, 0.6) is 0 Å². The molecule has 3 unspecified atom stereocenters. The lowest BCUT2D eigenvalue weighted by Crippen LogP contribution is -2.59. The molecular weight excluding hydrogens is 236 g/mol. The molecule has 1 saturated heterocycles. The van der Waals surface area contributed by atoms with Gasteiger partial charge in [0.15, 0.2) is 0 Å². The quantitative estimate of drug-likeness (QED) is 0.851. The highest BCUT2D eigenvalue weighted by Crippen LogP contribution is 2.40. The Bertz CT molecular complexity index is 276. The zero-order valence-corrected chi connectivity index (χ0v) is 13.0. The number of ether oxygens (including phenoxy) is 1. The fraction of sp³-hybridized carbons (Fsp3) is 1.00. The molecule has 0 aromatic carbocycles. The van der Waals surface area contributed by atoms with Crippen molar-refractivity contribution in [2.24, 2.45) is 23.5 Å². The molecule has 2 fully saturated rings. The number of nitrogens with two attached hydrogens (primary N) is 1. The van der Waals surface area contributed by atoms with Crippen LogP contribution >= 0.6 is 0 Å². The van der Waals surface area contributed by atoms with Crippen LogP contribution in [0, 0.1) is 17.8 Å². The molecule has 19 heavy (non-hydrogen) atoms. The Morgan fingerprint density at radius 1 is 1.16 bits per heavy atom. The van der Waals surface area contributed by atoms with Crippen LogP contribution in [0.15, 0.2) is 0 Å². The third-order valence-electron chi connectivity index (χ3n) is 5.81. The SMILES string of the molecule is COCC1CCN(C2(CN)CCC(C)C(C)C2)CC1. The maximum absolute atomic E-state index is 6.20. The molecule has 0 aromatic rings. The van der Waals surface area contributed by atoms with Crippen molar-refractivity contribution < 1.29 is 4.74 Å². The summed E-state index contributed by atoms with van der Waals surface area (Å²) in [7, 11) is 1.82. The Hall–Kier alpha value is -0.120. The minimum Gasteiger partial charge on any atom is -0.384 e. The van der Waals surface area contributed by atoms with Gasteiger partial charge in [-0.05, 0) is 62.9 Å². The second-order valence-corrected chi connectivity index (χ2v) is 7.01. The normalized spacial score (nSPS) is 38.5. The highest BCUT2D eigenvalue weighted by Gasteiger charge is 2.42. The Labute approximate surface area is 118 Å². The number of rotatable bonds is 4. The van der Waals surface area contributed by atoms with Gasteiger partial charge in [-0.2, -0.15) is 0 Å². The summed E-state index contributed by atoms with van der Waals surface area (Å²) in [5.41, 5.74) is 6.50. The Morgan fingerprint density at radius 2 is 1.84 bits per heavy atom. The van der Waals surface area contributed by atoms with Gasteiger partial charge in [-0.1, -0.05) is 13.8 Å². The van der Waals surface area contributed by atoms with Crippen LogP contribution in [-0.2, 0) is 4.74 Å². The van der Waals surface area contributed by atoms with E-state index in [-0.39, 0.29) is 0 Å². The number of piperidine rings is 1. The van der Waals surface area contributed by atoms with E-state index in [0.717, 1.165) is 30.9 Å². The third kappa shape index (κ3) is 3.32. The van der Waals surface area contributed by atoms with Gasteiger partial charge in [-0.15, -0.1) is 0 Å². The third-order valence-corrected chi connectivity index (χ3v) is 5.81. The minimum absolute atomic E-state index is 0.296. The van der Waals surface area contributed by atoms with Crippen LogP contribution in [0.25, 0.3) is 0 Å². The Morgan fingerprint density at radius 3 is 2.37 bits per heavy atom. The number of hydrogen-bond acceptors (Lipinski definition) is 3. The van der Waals surface area contributed by atoms with Crippen LogP contribution in [0.4, 0.5) is 0 Å². The van der Waals surface area contributed by atoms with Gasteiger partial charge >= 0.3 is 0 Å². The van der Waals surface area contributed by atoms with Gasteiger partial charge in [0.2, 0.25) is 0 Å². The van der Waals surface area contributed by atoms with E-state index in [4.69, 9.17) is 10.5 Å². The average Bonchev–Trinajstić information content (AvgIpc) is 2.43. The molecule has 3 heteroatoms. The molecular formula is C16H32N2O. The molecule has 3 atom stereocenters.